The summed E-state index contributed by atoms with van der Waals surface area (Å²) in [5.41, 5.74) is 0.903. The molecule has 1 aliphatic heterocycles. The number of rotatable bonds is 2. The van der Waals surface area contributed by atoms with E-state index in [2.05, 4.69) is 20.2 Å². The van der Waals surface area contributed by atoms with Crippen LogP contribution in [-0.2, 0) is 0 Å². The van der Waals surface area contributed by atoms with Gasteiger partial charge in [0.15, 0.2) is 0 Å². The fourth-order valence-corrected chi connectivity index (χ4v) is 2.63. The first-order valence-corrected chi connectivity index (χ1v) is 6.50. The minimum absolute atomic E-state index is 0.316. The molecule has 1 atom stereocenters. The van der Waals surface area contributed by atoms with Crippen molar-refractivity contribution in [2.75, 3.05) is 25.0 Å². The van der Waals surface area contributed by atoms with Crippen LogP contribution in [0.15, 0.2) is 24.3 Å². The van der Waals surface area contributed by atoms with Crippen LogP contribution in [0.5, 0.6) is 0 Å². The average Bonchev–Trinajstić information content (AvgIpc) is 2.86. The largest absolute Gasteiger partial charge is 0.354 e. The summed E-state index contributed by atoms with van der Waals surface area (Å²) in [5.74, 6) is 0.948. The third-order valence-corrected chi connectivity index (χ3v) is 3.62. The molecule has 0 amide bonds. The van der Waals surface area contributed by atoms with E-state index >= 15 is 0 Å². The molecule has 0 saturated carbocycles. The van der Waals surface area contributed by atoms with Gasteiger partial charge in [-0.3, -0.25) is 0 Å². The normalized spacial score (nSPS) is 19.7. The van der Waals surface area contributed by atoms with E-state index in [-0.39, 0.29) is 0 Å². The number of para-hydroxylation sites is 1. The summed E-state index contributed by atoms with van der Waals surface area (Å²) in [6, 6.07) is 8.52. The number of anilines is 1. The number of hydrogen-bond donors (Lipinski definition) is 1. The van der Waals surface area contributed by atoms with Gasteiger partial charge in [0.25, 0.3) is 0 Å². The molecule has 1 N–H and O–H groups in total. The van der Waals surface area contributed by atoms with E-state index in [4.69, 9.17) is 11.6 Å². The molecule has 1 unspecified atom stereocenters. The fraction of sp³-hybridized carbons (Fsp3) is 0.385. The van der Waals surface area contributed by atoms with Crippen molar-refractivity contribution in [2.45, 2.75) is 12.5 Å². The Bertz CT molecular complexity index is 572. The van der Waals surface area contributed by atoms with Crippen LogP contribution in [0, 0.1) is 0 Å². The van der Waals surface area contributed by atoms with Crippen LogP contribution in [0.3, 0.4) is 0 Å². The highest BCUT2D eigenvalue weighted by atomic mass is 35.5. The van der Waals surface area contributed by atoms with Crippen LogP contribution >= 0.6 is 11.6 Å². The van der Waals surface area contributed by atoms with E-state index in [1.165, 1.54) is 0 Å². The molecule has 1 saturated heterocycles. The number of nitrogens with one attached hydrogen (secondary N) is 1. The second-order valence-corrected chi connectivity index (χ2v) is 4.89. The third kappa shape index (κ3) is 2.02. The zero-order valence-corrected chi connectivity index (χ0v) is 11.0. The molecule has 0 aliphatic carbocycles. The third-order valence-electron chi connectivity index (χ3n) is 3.45. The average molecular weight is 263 g/mol. The van der Waals surface area contributed by atoms with Crippen molar-refractivity contribution in [1.29, 1.82) is 0 Å². The molecule has 2 heterocycles. The van der Waals surface area contributed by atoms with Gasteiger partial charge in [-0.15, -0.1) is 0 Å². The predicted octanol–water partition coefficient (Wildman–Crippen LogP) is 2.08. The molecule has 94 valence electrons. The Labute approximate surface area is 111 Å². The smallest absolute Gasteiger partial charge is 0.224 e. The van der Waals surface area contributed by atoms with Gasteiger partial charge in [-0.25, -0.2) is 4.98 Å². The Morgan fingerprint density at radius 1 is 1.33 bits per heavy atom. The van der Waals surface area contributed by atoms with Crippen molar-refractivity contribution < 1.29 is 0 Å². The minimum Gasteiger partial charge on any atom is -0.354 e. The summed E-state index contributed by atoms with van der Waals surface area (Å²) in [7, 11) is 2.00. The minimum atomic E-state index is 0.316. The number of fused-ring (bicyclic) bond motifs is 1. The number of hydrogen-bond acceptors (Lipinski definition) is 4. The van der Waals surface area contributed by atoms with Crippen molar-refractivity contribution in [2.24, 2.45) is 0 Å². The molecule has 1 aliphatic rings. The number of aromatic nitrogens is 2. The first-order chi connectivity index (χ1) is 8.78. The lowest BCUT2D eigenvalue weighted by atomic mass is 10.2. The van der Waals surface area contributed by atoms with E-state index < -0.39 is 0 Å². The van der Waals surface area contributed by atoms with Crippen LogP contribution in [0.2, 0.25) is 5.28 Å². The lowest BCUT2D eigenvalue weighted by molar-refractivity contribution is 0.616. The first kappa shape index (κ1) is 11.7. The topological polar surface area (TPSA) is 41.0 Å². The molecule has 1 fully saturated rings. The second kappa shape index (κ2) is 4.71. The van der Waals surface area contributed by atoms with E-state index in [9.17, 15) is 0 Å². The zero-order valence-electron chi connectivity index (χ0n) is 10.2. The molecule has 0 radical (unpaired) electrons. The van der Waals surface area contributed by atoms with E-state index in [1.807, 2.05) is 31.3 Å². The lowest BCUT2D eigenvalue weighted by Gasteiger charge is -2.19. The van der Waals surface area contributed by atoms with Crippen LogP contribution in [0.25, 0.3) is 10.9 Å². The SMILES string of the molecule is CNC1CCN(c2nc(Cl)nc3ccccc23)C1. The maximum absolute atomic E-state index is 6.01. The van der Waals surface area contributed by atoms with Crippen LogP contribution in [0.4, 0.5) is 5.82 Å². The standard InChI is InChI=1S/C13H15ClN4/c1-15-9-6-7-18(8-9)12-10-4-2-3-5-11(10)16-13(14)17-12/h2-5,9,15H,6-8H2,1H3. The summed E-state index contributed by atoms with van der Waals surface area (Å²) < 4.78 is 0. The van der Waals surface area contributed by atoms with Gasteiger partial charge < -0.3 is 10.2 Å². The van der Waals surface area contributed by atoms with Crippen LogP contribution in [-0.4, -0.2) is 36.1 Å². The monoisotopic (exact) mass is 262 g/mol. The Hall–Kier alpha value is -1.39. The molecular weight excluding hydrogens is 248 g/mol. The first-order valence-electron chi connectivity index (χ1n) is 6.12. The van der Waals surface area contributed by atoms with Gasteiger partial charge in [0.2, 0.25) is 5.28 Å². The Balaban J connectivity index is 2.06. The molecule has 3 rings (SSSR count). The van der Waals surface area contributed by atoms with Gasteiger partial charge in [-0.1, -0.05) is 12.1 Å². The Kier molecular flexibility index (Phi) is 3.06. The lowest BCUT2D eigenvalue weighted by Crippen LogP contribution is -2.30. The molecular formula is C13H15ClN4. The molecule has 1 aromatic carbocycles. The quantitative estimate of drug-likeness (QED) is 0.842. The van der Waals surface area contributed by atoms with Crippen molar-refractivity contribution >= 4 is 28.3 Å². The maximum atomic E-state index is 6.01. The van der Waals surface area contributed by atoms with Crippen molar-refractivity contribution in [3.8, 4) is 0 Å². The van der Waals surface area contributed by atoms with Gasteiger partial charge in [0, 0.05) is 24.5 Å². The molecule has 0 spiro atoms. The molecule has 4 nitrogen and oxygen atoms in total. The Morgan fingerprint density at radius 3 is 2.94 bits per heavy atom. The molecule has 0 bridgehead atoms. The highest BCUT2D eigenvalue weighted by Gasteiger charge is 2.23. The zero-order chi connectivity index (χ0) is 12.5. The molecule has 5 heteroatoms. The van der Waals surface area contributed by atoms with Crippen LogP contribution < -0.4 is 10.2 Å². The van der Waals surface area contributed by atoms with Gasteiger partial charge >= 0.3 is 0 Å². The number of benzene rings is 1. The van der Waals surface area contributed by atoms with E-state index in [0.717, 1.165) is 36.2 Å². The summed E-state index contributed by atoms with van der Waals surface area (Å²) in [5, 5.41) is 4.69. The Morgan fingerprint density at radius 2 is 2.17 bits per heavy atom. The van der Waals surface area contributed by atoms with Gasteiger partial charge in [0.05, 0.1) is 5.52 Å². The highest BCUT2D eigenvalue weighted by Crippen LogP contribution is 2.27. The van der Waals surface area contributed by atoms with Crippen molar-refractivity contribution in [3.05, 3.63) is 29.5 Å². The summed E-state index contributed by atoms with van der Waals surface area (Å²) in [6.07, 6.45) is 1.13. The summed E-state index contributed by atoms with van der Waals surface area (Å²) in [6.45, 7) is 1.97. The van der Waals surface area contributed by atoms with Gasteiger partial charge in [-0.2, -0.15) is 4.98 Å². The maximum Gasteiger partial charge on any atom is 0.224 e. The van der Waals surface area contributed by atoms with Crippen LogP contribution in [0.1, 0.15) is 6.42 Å². The highest BCUT2D eigenvalue weighted by molar-refractivity contribution is 6.28. The van der Waals surface area contributed by atoms with E-state index in [0.29, 0.717) is 11.3 Å². The predicted molar refractivity (Wildman–Crippen MR) is 74.2 cm³/mol. The number of halogens is 1. The summed E-state index contributed by atoms with van der Waals surface area (Å²) in [4.78, 5) is 10.9. The van der Waals surface area contributed by atoms with E-state index in [1.54, 1.807) is 0 Å². The fourth-order valence-electron chi connectivity index (χ4n) is 2.46. The molecule has 1 aromatic heterocycles. The van der Waals surface area contributed by atoms with Crippen molar-refractivity contribution in [1.82, 2.24) is 15.3 Å². The molecule has 2 aromatic rings. The van der Waals surface area contributed by atoms with Gasteiger partial charge in [0.1, 0.15) is 5.82 Å². The van der Waals surface area contributed by atoms with Crippen molar-refractivity contribution in [3.63, 3.8) is 0 Å². The number of nitrogens with zero attached hydrogens (tertiary/aromatic N) is 3. The second-order valence-electron chi connectivity index (χ2n) is 4.55. The molecule has 18 heavy (non-hydrogen) atoms. The van der Waals surface area contributed by atoms with Gasteiger partial charge in [-0.05, 0) is 37.2 Å². The summed E-state index contributed by atoms with van der Waals surface area (Å²) >= 11 is 6.01. The number of likely N-dealkylation sites (N-methyl/N-ethyl adjacent to an activating group) is 1.